The Kier molecular flexibility index (Phi) is 3.72. The van der Waals surface area contributed by atoms with Crippen LogP contribution in [0.1, 0.15) is 59.8 Å². The molecule has 1 unspecified atom stereocenters. The predicted octanol–water partition coefficient (Wildman–Crippen LogP) is 3.34. The van der Waals surface area contributed by atoms with Crippen LogP contribution in [-0.2, 0) is 11.2 Å². The summed E-state index contributed by atoms with van der Waals surface area (Å²) >= 11 is 1.57. The first-order chi connectivity index (χ1) is 8.19. The summed E-state index contributed by atoms with van der Waals surface area (Å²) in [5.41, 5.74) is 7.82. The predicted molar refractivity (Wildman–Crippen MR) is 70.7 cm³/mol. The van der Waals surface area contributed by atoms with Crippen LogP contribution in [0.3, 0.4) is 0 Å². The van der Waals surface area contributed by atoms with E-state index >= 15 is 0 Å². The van der Waals surface area contributed by atoms with Crippen LogP contribution < -0.4 is 5.73 Å². The SMILES string of the molecule is CCOC(=O)c1c(N)sc2c1C(CC)CCC2. The summed E-state index contributed by atoms with van der Waals surface area (Å²) in [5.74, 6) is 0.231. The largest absolute Gasteiger partial charge is 0.462 e. The van der Waals surface area contributed by atoms with Gasteiger partial charge in [0.1, 0.15) is 5.00 Å². The minimum absolute atomic E-state index is 0.247. The quantitative estimate of drug-likeness (QED) is 0.841. The maximum atomic E-state index is 12.0. The molecule has 0 aliphatic heterocycles. The Morgan fingerprint density at radius 1 is 1.53 bits per heavy atom. The standard InChI is InChI=1S/C13H19NO2S/c1-3-8-6-5-7-9-10(8)11(12(14)17-9)13(15)16-4-2/h8H,3-7,14H2,1-2H3. The van der Waals surface area contributed by atoms with Gasteiger partial charge in [-0.1, -0.05) is 6.92 Å². The van der Waals surface area contributed by atoms with Gasteiger partial charge in [-0.15, -0.1) is 11.3 Å². The molecular weight excluding hydrogens is 234 g/mol. The Morgan fingerprint density at radius 3 is 2.94 bits per heavy atom. The van der Waals surface area contributed by atoms with Crippen molar-refractivity contribution in [1.29, 1.82) is 0 Å². The molecule has 2 rings (SSSR count). The lowest BCUT2D eigenvalue weighted by Crippen LogP contribution is -2.14. The lowest BCUT2D eigenvalue weighted by Gasteiger charge is -2.22. The van der Waals surface area contributed by atoms with E-state index in [0.717, 1.165) is 19.3 Å². The molecule has 0 saturated carbocycles. The molecule has 4 heteroatoms. The molecule has 0 fully saturated rings. The molecule has 2 N–H and O–H groups in total. The molecule has 0 spiro atoms. The van der Waals surface area contributed by atoms with Crippen molar-refractivity contribution in [2.75, 3.05) is 12.3 Å². The van der Waals surface area contributed by atoms with Gasteiger partial charge in [0, 0.05) is 4.88 Å². The van der Waals surface area contributed by atoms with Crippen molar-refractivity contribution in [1.82, 2.24) is 0 Å². The van der Waals surface area contributed by atoms with E-state index in [2.05, 4.69) is 6.92 Å². The first-order valence-corrected chi connectivity index (χ1v) is 7.08. The monoisotopic (exact) mass is 253 g/mol. The average Bonchev–Trinajstić information content (AvgIpc) is 2.65. The summed E-state index contributed by atoms with van der Waals surface area (Å²) in [7, 11) is 0. The van der Waals surface area contributed by atoms with Crippen molar-refractivity contribution in [3.63, 3.8) is 0 Å². The fourth-order valence-electron chi connectivity index (χ4n) is 2.60. The summed E-state index contributed by atoms with van der Waals surface area (Å²) in [5, 5.41) is 0.633. The zero-order valence-corrected chi connectivity index (χ0v) is 11.2. The van der Waals surface area contributed by atoms with Crippen LogP contribution in [-0.4, -0.2) is 12.6 Å². The summed E-state index contributed by atoms with van der Waals surface area (Å²) in [4.78, 5) is 13.3. The number of hydrogen-bond donors (Lipinski definition) is 1. The number of anilines is 1. The highest BCUT2D eigenvalue weighted by Crippen LogP contribution is 2.43. The topological polar surface area (TPSA) is 52.3 Å². The van der Waals surface area contributed by atoms with Gasteiger partial charge < -0.3 is 10.5 Å². The average molecular weight is 253 g/mol. The molecule has 1 aromatic rings. The molecule has 3 nitrogen and oxygen atoms in total. The second-order valence-electron chi connectivity index (χ2n) is 4.40. The Morgan fingerprint density at radius 2 is 2.29 bits per heavy atom. The van der Waals surface area contributed by atoms with E-state index in [4.69, 9.17) is 10.5 Å². The highest BCUT2D eigenvalue weighted by molar-refractivity contribution is 7.16. The number of fused-ring (bicyclic) bond motifs is 1. The lowest BCUT2D eigenvalue weighted by molar-refractivity contribution is 0.0526. The van der Waals surface area contributed by atoms with Crippen molar-refractivity contribution in [2.45, 2.75) is 45.4 Å². The molecule has 1 aliphatic carbocycles. The van der Waals surface area contributed by atoms with Crippen LogP contribution in [0.5, 0.6) is 0 Å². The summed E-state index contributed by atoms with van der Waals surface area (Å²) in [6.45, 7) is 4.40. The van der Waals surface area contributed by atoms with Crippen LogP contribution >= 0.6 is 11.3 Å². The second kappa shape index (κ2) is 5.08. The third-order valence-electron chi connectivity index (χ3n) is 3.39. The number of aryl methyl sites for hydroxylation is 1. The van der Waals surface area contributed by atoms with Crippen molar-refractivity contribution in [3.05, 3.63) is 16.0 Å². The number of carbonyl (C=O) groups is 1. The molecular formula is C13H19NO2S. The number of esters is 1. The minimum atomic E-state index is -0.247. The van der Waals surface area contributed by atoms with E-state index in [1.807, 2.05) is 6.92 Å². The third-order valence-corrected chi connectivity index (χ3v) is 4.48. The van der Waals surface area contributed by atoms with Gasteiger partial charge in [0.25, 0.3) is 0 Å². The van der Waals surface area contributed by atoms with Gasteiger partial charge in [-0.3, -0.25) is 0 Å². The Bertz CT molecular complexity index is 425. The summed E-state index contributed by atoms with van der Waals surface area (Å²) in [6.07, 6.45) is 4.48. The number of thiophene rings is 1. The number of nitrogens with two attached hydrogens (primary N) is 1. The molecule has 1 atom stereocenters. The number of nitrogen functional groups attached to an aromatic ring is 1. The van der Waals surface area contributed by atoms with Crippen molar-refractivity contribution in [2.24, 2.45) is 0 Å². The van der Waals surface area contributed by atoms with Crippen molar-refractivity contribution in [3.8, 4) is 0 Å². The Labute approximate surface area is 106 Å². The summed E-state index contributed by atoms with van der Waals surface area (Å²) in [6, 6.07) is 0. The molecule has 0 aromatic carbocycles. The molecule has 94 valence electrons. The van der Waals surface area contributed by atoms with Gasteiger partial charge in [0.2, 0.25) is 0 Å². The van der Waals surface area contributed by atoms with Gasteiger partial charge in [0.15, 0.2) is 0 Å². The van der Waals surface area contributed by atoms with Gasteiger partial charge in [0.05, 0.1) is 12.2 Å². The van der Waals surface area contributed by atoms with Gasteiger partial charge in [-0.2, -0.15) is 0 Å². The van der Waals surface area contributed by atoms with E-state index < -0.39 is 0 Å². The minimum Gasteiger partial charge on any atom is -0.462 e. The molecule has 0 bridgehead atoms. The first-order valence-electron chi connectivity index (χ1n) is 6.27. The smallest absolute Gasteiger partial charge is 0.341 e. The van der Waals surface area contributed by atoms with E-state index in [0.29, 0.717) is 23.1 Å². The molecule has 1 aromatic heterocycles. The Balaban J connectivity index is 2.44. The molecule has 0 saturated heterocycles. The number of rotatable bonds is 3. The van der Waals surface area contributed by atoms with Crippen LogP contribution in [0.2, 0.25) is 0 Å². The third kappa shape index (κ3) is 2.18. The maximum Gasteiger partial charge on any atom is 0.341 e. The molecule has 0 amide bonds. The molecule has 1 aliphatic rings. The van der Waals surface area contributed by atoms with Gasteiger partial charge in [-0.05, 0) is 44.1 Å². The lowest BCUT2D eigenvalue weighted by atomic mass is 9.83. The van der Waals surface area contributed by atoms with E-state index in [9.17, 15) is 4.79 Å². The molecule has 1 heterocycles. The number of hydrogen-bond acceptors (Lipinski definition) is 4. The number of carbonyl (C=O) groups excluding carboxylic acids is 1. The zero-order chi connectivity index (χ0) is 12.4. The maximum absolute atomic E-state index is 12.0. The van der Waals surface area contributed by atoms with Gasteiger partial charge >= 0.3 is 5.97 Å². The Hall–Kier alpha value is -1.03. The fraction of sp³-hybridized carbons (Fsp3) is 0.615. The summed E-state index contributed by atoms with van der Waals surface area (Å²) < 4.78 is 5.11. The highest BCUT2D eigenvalue weighted by Gasteiger charge is 2.30. The normalized spacial score (nSPS) is 18.8. The molecule has 0 radical (unpaired) electrons. The van der Waals surface area contributed by atoms with E-state index in [1.54, 1.807) is 11.3 Å². The first kappa shape index (κ1) is 12.4. The highest BCUT2D eigenvalue weighted by atomic mass is 32.1. The second-order valence-corrected chi connectivity index (χ2v) is 5.53. The van der Waals surface area contributed by atoms with Crippen LogP contribution in [0, 0.1) is 0 Å². The van der Waals surface area contributed by atoms with Crippen LogP contribution in [0.25, 0.3) is 0 Å². The van der Waals surface area contributed by atoms with Crippen LogP contribution in [0.4, 0.5) is 5.00 Å². The van der Waals surface area contributed by atoms with E-state index in [1.165, 1.54) is 16.9 Å². The number of ether oxygens (including phenoxy) is 1. The molecule has 17 heavy (non-hydrogen) atoms. The van der Waals surface area contributed by atoms with Crippen LogP contribution in [0.15, 0.2) is 0 Å². The van der Waals surface area contributed by atoms with Crippen molar-refractivity contribution < 1.29 is 9.53 Å². The van der Waals surface area contributed by atoms with Gasteiger partial charge in [-0.25, -0.2) is 4.79 Å². The van der Waals surface area contributed by atoms with Crippen molar-refractivity contribution >= 4 is 22.3 Å². The van der Waals surface area contributed by atoms with E-state index in [-0.39, 0.29) is 5.97 Å². The fourth-order valence-corrected chi connectivity index (χ4v) is 3.79. The zero-order valence-electron chi connectivity index (χ0n) is 10.4.